The molecule has 0 saturated carbocycles. The molecule has 0 spiro atoms. The number of amides is 2. The first-order valence-corrected chi connectivity index (χ1v) is 7.34. The van der Waals surface area contributed by atoms with Gasteiger partial charge in [0.25, 0.3) is 0 Å². The number of carbonyl (C=O) groups excluding carboxylic acids is 1. The van der Waals surface area contributed by atoms with E-state index in [0.29, 0.717) is 11.6 Å². The minimum atomic E-state index is -0.931. The van der Waals surface area contributed by atoms with Gasteiger partial charge < -0.3 is 20.1 Å². The third-order valence-electron chi connectivity index (χ3n) is 3.84. The fourth-order valence-corrected chi connectivity index (χ4v) is 4.02. The Bertz CT molecular complexity index is 378. The van der Waals surface area contributed by atoms with Crippen LogP contribution in [0.1, 0.15) is 19.3 Å². The zero-order chi connectivity index (χ0) is 12.7. The lowest BCUT2D eigenvalue weighted by Crippen LogP contribution is -2.51. The molecule has 100 valence electrons. The summed E-state index contributed by atoms with van der Waals surface area (Å²) in [5.74, 6) is -0.0141. The SMILES string of the molecule is O=C(O)[C@@H]1CSCN1C(=O)NC1CC2CCC1O2. The van der Waals surface area contributed by atoms with Crippen LogP contribution in [0, 0.1) is 0 Å². The van der Waals surface area contributed by atoms with Crippen molar-refractivity contribution in [1.82, 2.24) is 10.2 Å². The molecule has 0 aromatic carbocycles. The Morgan fingerprint density at radius 1 is 1.39 bits per heavy atom. The topological polar surface area (TPSA) is 78.9 Å². The van der Waals surface area contributed by atoms with Crippen LogP contribution in [0.4, 0.5) is 4.79 Å². The second kappa shape index (κ2) is 4.62. The van der Waals surface area contributed by atoms with Gasteiger partial charge in [0, 0.05) is 5.75 Å². The number of ether oxygens (including phenoxy) is 1. The van der Waals surface area contributed by atoms with Crippen LogP contribution in [0.15, 0.2) is 0 Å². The third-order valence-corrected chi connectivity index (χ3v) is 4.86. The predicted octanol–water partition coefficient (Wildman–Crippen LogP) is 0.475. The van der Waals surface area contributed by atoms with E-state index in [4.69, 9.17) is 9.84 Å². The molecular formula is C11H16N2O4S. The fraction of sp³-hybridized carbons (Fsp3) is 0.818. The van der Waals surface area contributed by atoms with Gasteiger partial charge in [-0.2, -0.15) is 0 Å². The number of rotatable bonds is 2. The molecule has 3 unspecified atom stereocenters. The number of aliphatic carboxylic acids is 1. The Morgan fingerprint density at radius 3 is 2.83 bits per heavy atom. The maximum absolute atomic E-state index is 12.1. The van der Waals surface area contributed by atoms with Gasteiger partial charge in [-0.1, -0.05) is 0 Å². The third kappa shape index (κ3) is 2.05. The van der Waals surface area contributed by atoms with Crippen molar-refractivity contribution in [1.29, 1.82) is 0 Å². The molecule has 3 aliphatic heterocycles. The number of carboxylic acid groups (broad SMARTS) is 1. The number of hydrogen-bond acceptors (Lipinski definition) is 4. The van der Waals surface area contributed by atoms with Crippen LogP contribution in [0.25, 0.3) is 0 Å². The van der Waals surface area contributed by atoms with Crippen molar-refractivity contribution in [3.05, 3.63) is 0 Å². The van der Waals surface area contributed by atoms with E-state index in [1.54, 1.807) is 0 Å². The highest BCUT2D eigenvalue weighted by Crippen LogP contribution is 2.34. The van der Waals surface area contributed by atoms with Crippen molar-refractivity contribution in [3.63, 3.8) is 0 Å². The number of thioether (sulfide) groups is 1. The van der Waals surface area contributed by atoms with Crippen molar-refractivity contribution in [2.24, 2.45) is 0 Å². The predicted molar refractivity (Wildman–Crippen MR) is 65.4 cm³/mol. The smallest absolute Gasteiger partial charge is 0.327 e. The van der Waals surface area contributed by atoms with Gasteiger partial charge in [-0.15, -0.1) is 11.8 Å². The van der Waals surface area contributed by atoms with Gasteiger partial charge in [0.05, 0.1) is 24.1 Å². The van der Waals surface area contributed by atoms with Crippen LogP contribution in [-0.2, 0) is 9.53 Å². The van der Waals surface area contributed by atoms with E-state index in [2.05, 4.69) is 5.32 Å². The van der Waals surface area contributed by atoms with Crippen LogP contribution < -0.4 is 5.32 Å². The second-order valence-corrected chi connectivity index (χ2v) is 5.99. The number of carbonyl (C=O) groups is 2. The zero-order valence-electron chi connectivity index (χ0n) is 9.87. The lowest BCUT2D eigenvalue weighted by Gasteiger charge is -2.26. The van der Waals surface area contributed by atoms with E-state index in [-0.39, 0.29) is 24.3 Å². The van der Waals surface area contributed by atoms with Crippen molar-refractivity contribution < 1.29 is 19.4 Å². The maximum atomic E-state index is 12.1. The number of nitrogens with zero attached hydrogens (tertiary/aromatic N) is 1. The highest BCUT2D eigenvalue weighted by atomic mass is 32.2. The lowest BCUT2D eigenvalue weighted by atomic mass is 9.96. The molecule has 2 N–H and O–H groups in total. The molecule has 7 heteroatoms. The van der Waals surface area contributed by atoms with Gasteiger partial charge in [0.2, 0.25) is 0 Å². The summed E-state index contributed by atoms with van der Waals surface area (Å²) in [6.07, 6.45) is 3.33. The zero-order valence-corrected chi connectivity index (χ0v) is 10.7. The van der Waals surface area contributed by atoms with Crippen molar-refractivity contribution in [2.45, 2.75) is 43.6 Å². The Morgan fingerprint density at radius 2 is 2.22 bits per heavy atom. The summed E-state index contributed by atoms with van der Waals surface area (Å²) in [5.41, 5.74) is 0. The monoisotopic (exact) mass is 272 g/mol. The Balaban J connectivity index is 1.59. The van der Waals surface area contributed by atoms with E-state index in [1.165, 1.54) is 16.7 Å². The maximum Gasteiger partial charge on any atom is 0.327 e. The molecule has 18 heavy (non-hydrogen) atoms. The number of urea groups is 1. The average molecular weight is 272 g/mol. The summed E-state index contributed by atoms with van der Waals surface area (Å²) >= 11 is 1.47. The molecule has 3 aliphatic rings. The van der Waals surface area contributed by atoms with Crippen LogP contribution in [-0.4, -0.2) is 57.9 Å². The molecule has 4 atom stereocenters. The normalized spacial score (nSPS) is 38.1. The van der Waals surface area contributed by atoms with Crippen molar-refractivity contribution >= 4 is 23.8 Å². The molecule has 3 fully saturated rings. The number of carboxylic acids is 1. The highest BCUT2D eigenvalue weighted by molar-refractivity contribution is 7.99. The standard InChI is InChI=1S/C11H16N2O4S/c14-10(15)8-4-18-5-13(8)11(16)12-7-3-6-1-2-9(7)17-6/h6-9H,1-5H2,(H,12,16)(H,14,15)/t6?,7?,8-,9?/m0/s1. The van der Waals surface area contributed by atoms with E-state index in [9.17, 15) is 9.59 Å². The minimum Gasteiger partial charge on any atom is -0.480 e. The highest BCUT2D eigenvalue weighted by Gasteiger charge is 2.43. The van der Waals surface area contributed by atoms with Crippen LogP contribution in [0.3, 0.4) is 0 Å². The van der Waals surface area contributed by atoms with Crippen molar-refractivity contribution in [3.8, 4) is 0 Å². The molecule has 3 saturated heterocycles. The molecule has 2 bridgehead atoms. The van der Waals surface area contributed by atoms with E-state index >= 15 is 0 Å². The van der Waals surface area contributed by atoms with Gasteiger partial charge in [-0.3, -0.25) is 0 Å². The van der Waals surface area contributed by atoms with E-state index < -0.39 is 12.0 Å². The summed E-state index contributed by atoms with van der Waals surface area (Å²) in [6, 6.07) is -0.917. The van der Waals surface area contributed by atoms with Crippen LogP contribution in [0.2, 0.25) is 0 Å². The first kappa shape index (κ1) is 12.1. The molecule has 0 aliphatic carbocycles. The summed E-state index contributed by atoms with van der Waals surface area (Å²) < 4.78 is 5.67. The quantitative estimate of drug-likeness (QED) is 0.764. The summed E-state index contributed by atoms with van der Waals surface area (Å²) in [7, 11) is 0. The van der Waals surface area contributed by atoms with Crippen LogP contribution in [0.5, 0.6) is 0 Å². The summed E-state index contributed by atoms with van der Waals surface area (Å²) in [5, 5.41) is 12.0. The van der Waals surface area contributed by atoms with E-state index in [0.717, 1.165) is 19.3 Å². The Labute approximate surface area is 109 Å². The number of hydrogen-bond donors (Lipinski definition) is 2. The lowest BCUT2D eigenvalue weighted by molar-refractivity contribution is -0.140. The number of fused-ring (bicyclic) bond motifs is 2. The molecular weight excluding hydrogens is 256 g/mol. The van der Waals surface area contributed by atoms with E-state index in [1.807, 2.05) is 0 Å². The van der Waals surface area contributed by atoms with Gasteiger partial charge in [0.15, 0.2) is 0 Å². The van der Waals surface area contributed by atoms with Crippen LogP contribution >= 0.6 is 11.8 Å². The van der Waals surface area contributed by atoms with Gasteiger partial charge in [0.1, 0.15) is 6.04 Å². The molecule has 3 rings (SSSR count). The minimum absolute atomic E-state index is 0.0521. The average Bonchev–Trinajstić information content (AvgIpc) is 3.04. The second-order valence-electron chi connectivity index (χ2n) is 4.99. The van der Waals surface area contributed by atoms with Gasteiger partial charge in [-0.25, -0.2) is 9.59 Å². The van der Waals surface area contributed by atoms with Crippen molar-refractivity contribution in [2.75, 3.05) is 11.6 Å². The molecule has 0 aromatic rings. The first-order valence-electron chi connectivity index (χ1n) is 6.18. The molecule has 0 aromatic heterocycles. The Hall–Kier alpha value is -0.950. The summed E-state index contributed by atoms with van der Waals surface area (Å²) in [6.45, 7) is 0. The number of nitrogens with one attached hydrogen (secondary N) is 1. The Kier molecular flexibility index (Phi) is 3.11. The first-order chi connectivity index (χ1) is 8.65. The summed E-state index contributed by atoms with van der Waals surface area (Å²) in [4.78, 5) is 24.5. The largest absolute Gasteiger partial charge is 0.480 e. The fourth-order valence-electron chi connectivity index (χ4n) is 2.88. The molecule has 0 radical (unpaired) electrons. The van der Waals surface area contributed by atoms with Gasteiger partial charge >= 0.3 is 12.0 Å². The molecule has 6 nitrogen and oxygen atoms in total. The molecule has 2 amide bonds. The molecule has 3 heterocycles. The van der Waals surface area contributed by atoms with Gasteiger partial charge in [-0.05, 0) is 19.3 Å².